The molecule has 0 bridgehead atoms. The normalized spacial score (nSPS) is 22.5. The van der Waals surface area contributed by atoms with Gasteiger partial charge in [0.05, 0.1) is 24.7 Å². The van der Waals surface area contributed by atoms with E-state index in [4.69, 9.17) is 21.1 Å². The average molecular weight is 494 g/mol. The number of hydrogen-bond acceptors (Lipinski definition) is 7. The first-order chi connectivity index (χ1) is 15.9. The third kappa shape index (κ3) is 4.45. The molecule has 10 heteroatoms. The van der Waals surface area contributed by atoms with Gasteiger partial charge in [-0.1, -0.05) is 17.7 Å². The maximum Gasteiger partial charge on any atom is 0.243 e. The van der Waals surface area contributed by atoms with Gasteiger partial charge in [0.15, 0.2) is 0 Å². The van der Waals surface area contributed by atoms with Gasteiger partial charge in [0.25, 0.3) is 0 Å². The van der Waals surface area contributed by atoms with Crippen LogP contribution in [0.15, 0.2) is 47.4 Å². The summed E-state index contributed by atoms with van der Waals surface area (Å²) in [5, 5.41) is 9.85. The number of piperazine rings is 1. The van der Waals surface area contributed by atoms with Crippen LogP contribution in [0.25, 0.3) is 0 Å². The zero-order valence-electron chi connectivity index (χ0n) is 18.3. The van der Waals surface area contributed by atoms with Crippen molar-refractivity contribution in [3.8, 4) is 5.75 Å². The summed E-state index contributed by atoms with van der Waals surface area (Å²) in [5.41, 5.74) is 1.64. The highest BCUT2D eigenvalue weighted by molar-refractivity contribution is 7.89. The number of benzene rings is 2. The standard InChI is InChI=1S/C23H28ClN3O5S/c24-18-2-7-21-22(16-18)33(29,30)27(17-23(21)31-14-15-32-23)9-1-8-25-10-12-26(13-11-25)19-3-5-20(28)6-4-19/h2-7,16,28H,1,8-15,17H2. The van der Waals surface area contributed by atoms with Crippen molar-refractivity contribution in [2.75, 3.05) is 63.9 Å². The minimum absolute atomic E-state index is 0.151. The minimum Gasteiger partial charge on any atom is -0.508 e. The third-order valence-electron chi connectivity index (χ3n) is 6.58. The number of halogens is 1. The number of rotatable bonds is 5. The molecule has 0 unspecified atom stereocenters. The second kappa shape index (κ2) is 9.05. The quantitative estimate of drug-likeness (QED) is 0.685. The van der Waals surface area contributed by atoms with Crippen LogP contribution in [-0.2, 0) is 25.3 Å². The number of fused-ring (bicyclic) bond motifs is 2. The Balaban J connectivity index is 1.21. The Kier molecular flexibility index (Phi) is 6.28. The number of phenolic OH excluding ortho intramolecular Hbond substituents is 1. The van der Waals surface area contributed by atoms with Crippen LogP contribution in [-0.4, -0.2) is 81.8 Å². The minimum atomic E-state index is -3.68. The molecule has 8 nitrogen and oxygen atoms in total. The number of phenols is 1. The first-order valence-corrected chi connectivity index (χ1v) is 13.0. The number of hydrogen-bond donors (Lipinski definition) is 1. The first kappa shape index (κ1) is 22.9. The van der Waals surface area contributed by atoms with Crippen molar-refractivity contribution < 1.29 is 23.0 Å². The van der Waals surface area contributed by atoms with Gasteiger partial charge in [-0.3, -0.25) is 4.90 Å². The fourth-order valence-corrected chi connectivity index (χ4v) is 6.83. The van der Waals surface area contributed by atoms with Crippen LogP contribution in [0.1, 0.15) is 12.0 Å². The topological polar surface area (TPSA) is 82.6 Å². The van der Waals surface area contributed by atoms with Crippen LogP contribution in [0.2, 0.25) is 5.02 Å². The highest BCUT2D eigenvalue weighted by atomic mass is 35.5. The number of ether oxygens (including phenoxy) is 2. The molecule has 5 rings (SSSR count). The molecular formula is C23H28ClN3O5S. The summed E-state index contributed by atoms with van der Waals surface area (Å²) in [5.74, 6) is -0.786. The van der Waals surface area contributed by atoms with Gasteiger partial charge >= 0.3 is 0 Å². The highest BCUT2D eigenvalue weighted by Gasteiger charge is 2.50. The van der Waals surface area contributed by atoms with Crippen molar-refractivity contribution in [3.63, 3.8) is 0 Å². The molecule has 0 aliphatic carbocycles. The summed E-state index contributed by atoms with van der Waals surface area (Å²) >= 11 is 6.13. The van der Waals surface area contributed by atoms with Crippen molar-refractivity contribution in [2.45, 2.75) is 17.1 Å². The lowest BCUT2D eigenvalue weighted by Crippen LogP contribution is -2.51. The van der Waals surface area contributed by atoms with E-state index in [1.54, 1.807) is 24.3 Å². The lowest BCUT2D eigenvalue weighted by molar-refractivity contribution is -0.176. The van der Waals surface area contributed by atoms with Crippen LogP contribution in [0.3, 0.4) is 0 Å². The molecule has 0 saturated carbocycles. The van der Waals surface area contributed by atoms with E-state index in [9.17, 15) is 13.5 Å². The van der Waals surface area contributed by atoms with Gasteiger partial charge in [0, 0.05) is 49.0 Å². The zero-order chi connectivity index (χ0) is 23.1. The van der Waals surface area contributed by atoms with E-state index >= 15 is 0 Å². The molecule has 0 aromatic heterocycles. The van der Waals surface area contributed by atoms with Gasteiger partial charge in [-0.25, -0.2) is 8.42 Å². The summed E-state index contributed by atoms with van der Waals surface area (Å²) in [6.07, 6.45) is 0.713. The summed E-state index contributed by atoms with van der Waals surface area (Å²) in [7, 11) is -3.68. The molecule has 0 atom stereocenters. The molecule has 1 spiro atoms. The molecule has 2 aromatic carbocycles. The Labute approximate surface area is 199 Å². The maximum absolute atomic E-state index is 13.3. The van der Waals surface area contributed by atoms with Crippen LogP contribution in [0, 0.1) is 0 Å². The largest absolute Gasteiger partial charge is 0.508 e. The van der Waals surface area contributed by atoms with Crippen LogP contribution < -0.4 is 4.90 Å². The van der Waals surface area contributed by atoms with Crippen LogP contribution >= 0.6 is 11.6 Å². The molecule has 33 heavy (non-hydrogen) atoms. The molecular weight excluding hydrogens is 466 g/mol. The van der Waals surface area contributed by atoms with Crippen molar-refractivity contribution in [1.29, 1.82) is 0 Å². The Morgan fingerprint density at radius 1 is 0.970 bits per heavy atom. The maximum atomic E-state index is 13.3. The Hall–Kier alpha value is -1.88. The lowest BCUT2D eigenvalue weighted by atomic mass is 10.1. The molecule has 0 radical (unpaired) electrons. The van der Waals surface area contributed by atoms with Gasteiger partial charge < -0.3 is 19.5 Å². The van der Waals surface area contributed by atoms with Crippen molar-refractivity contribution in [1.82, 2.24) is 9.21 Å². The molecule has 2 fully saturated rings. The Morgan fingerprint density at radius 3 is 2.36 bits per heavy atom. The summed E-state index contributed by atoms with van der Waals surface area (Å²) < 4.78 is 40.0. The second-order valence-corrected chi connectivity index (χ2v) is 11.0. The smallest absolute Gasteiger partial charge is 0.243 e. The van der Waals surface area contributed by atoms with E-state index in [1.807, 2.05) is 12.1 Å². The van der Waals surface area contributed by atoms with E-state index in [1.165, 1.54) is 10.4 Å². The van der Waals surface area contributed by atoms with Crippen molar-refractivity contribution in [2.24, 2.45) is 0 Å². The van der Waals surface area contributed by atoms with E-state index in [0.717, 1.165) is 38.4 Å². The molecule has 3 heterocycles. The van der Waals surface area contributed by atoms with Gasteiger partial charge in [0.1, 0.15) is 5.75 Å². The van der Waals surface area contributed by atoms with E-state index in [-0.39, 0.29) is 17.2 Å². The Bertz CT molecular complexity index is 1100. The average Bonchev–Trinajstić information content (AvgIpc) is 3.28. The van der Waals surface area contributed by atoms with E-state index < -0.39 is 15.8 Å². The molecule has 3 aliphatic rings. The second-order valence-electron chi connectivity index (χ2n) is 8.63. The number of aromatic hydroxyl groups is 1. The van der Waals surface area contributed by atoms with Crippen molar-refractivity contribution >= 4 is 27.3 Å². The number of sulfonamides is 1. The zero-order valence-corrected chi connectivity index (χ0v) is 19.9. The van der Waals surface area contributed by atoms with Crippen LogP contribution in [0.4, 0.5) is 5.69 Å². The number of anilines is 1. The predicted octanol–water partition coefficient (Wildman–Crippen LogP) is 2.46. The molecule has 0 amide bonds. The molecule has 178 valence electrons. The summed E-state index contributed by atoms with van der Waals surface area (Å²) in [4.78, 5) is 4.83. The van der Waals surface area contributed by atoms with Gasteiger partial charge in [-0.2, -0.15) is 4.31 Å². The van der Waals surface area contributed by atoms with E-state index in [0.29, 0.717) is 36.8 Å². The molecule has 2 aromatic rings. The highest BCUT2D eigenvalue weighted by Crippen LogP contribution is 2.43. The molecule has 1 N–H and O–H groups in total. The fraction of sp³-hybridized carbons (Fsp3) is 0.478. The van der Waals surface area contributed by atoms with Gasteiger partial charge in [-0.05, 0) is 49.4 Å². The lowest BCUT2D eigenvalue weighted by Gasteiger charge is -2.40. The van der Waals surface area contributed by atoms with Gasteiger partial charge in [0.2, 0.25) is 15.8 Å². The monoisotopic (exact) mass is 493 g/mol. The first-order valence-electron chi connectivity index (χ1n) is 11.2. The van der Waals surface area contributed by atoms with Crippen molar-refractivity contribution in [3.05, 3.63) is 53.1 Å². The van der Waals surface area contributed by atoms with E-state index in [2.05, 4.69) is 9.80 Å². The third-order valence-corrected chi connectivity index (χ3v) is 8.70. The fourth-order valence-electron chi connectivity index (χ4n) is 4.83. The molecule has 3 aliphatic heterocycles. The predicted molar refractivity (Wildman–Crippen MR) is 125 cm³/mol. The molecule has 2 saturated heterocycles. The Morgan fingerprint density at radius 2 is 1.67 bits per heavy atom. The summed E-state index contributed by atoms with van der Waals surface area (Å²) in [6.45, 7) is 5.81. The van der Waals surface area contributed by atoms with Crippen LogP contribution in [0.5, 0.6) is 5.75 Å². The number of nitrogens with zero attached hydrogens (tertiary/aromatic N) is 3. The van der Waals surface area contributed by atoms with Gasteiger partial charge in [-0.15, -0.1) is 0 Å². The summed E-state index contributed by atoms with van der Waals surface area (Å²) in [6, 6.07) is 12.1. The SMILES string of the molecule is O=S1(=O)c2cc(Cl)ccc2C2(CN1CCCN1CCN(c3ccc(O)cc3)CC1)OCCO2.